The Morgan fingerprint density at radius 3 is 2.44 bits per heavy atom. The second-order valence-electron chi connectivity index (χ2n) is 7.26. The van der Waals surface area contributed by atoms with Gasteiger partial charge in [-0.15, -0.1) is 0 Å². The Labute approximate surface area is 215 Å². The third-order valence-corrected chi connectivity index (χ3v) is 5.56. The molecule has 2 aromatic rings. The summed E-state index contributed by atoms with van der Waals surface area (Å²) in [5.41, 5.74) is 12.4. The highest BCUT2D eigenvalue weighted by molar-refractivity contribution is 8.00. The summed E-state index contributed by atoms with van der Waals surface area (Å²) in [4.78, 5) is 46.6. The smallest absolute Gasteiger partial charge is 0.322 e. The number of carbonyl (C=O) groups excluding carboxylic acids is 3. The van der Waals surface area contributed by atoms with Crippen LogP contribution in [0.5, 0.6) is 5.75 Å². The molecule has 0 saturated carbocycles. The second kappa shape index (κ2) is 13.2. The maximum Gasteiger partial charge on any atom is 0.322 e. The zero-order chi connectivity index (χ0) is 26.8. The van der Waals surface area contributed by atoms with Crippen molar-refractivity contribution in [3.05, 3.63) is 58.1 Å². The number of nitrogen functional groups attached to an aromatic ring is 1. The highest BCUT2D eigenvalue weighted by Crippen LogP contribution is 2.27. The van der Waals surface area contributed by atoms with Crippen molar-refractivity contribution >= 4 is 58.8 Å². The zero-order valence-corrected chi connectivity index (χ0v) is 20.7. The largest absolute Gasteiger partial charge is 0.483 e. The summed E-state index contributed by atoms with van der Waals surface area (Å²) in [6.45, 7) is -1.14. The van der Waals surface area contributed by atoms with Crippen LogP contribution in [-0.2, 0) is 20.9 Å². The summed E-state index contributed by atoms with van der Waals surface area (Å²) in [5.74, 6) is -2.94. The Morgan fingerprint density at radius 1 is 1.11 bits per heavy atom. The molecule has 0 radical (unpaired) electrons. The van der Waals surface area contributed by atoms with Gasteiger partial charge in [0.15, 0.2) is 6.61 Å². The number of halogens is 1. The predicted octanol–water partition coefficient (Wildman–Crippen LogP) is 0.703. The minimum atomic E-state index is -1.20. The molecule has 0 aliphatic rings. The zero-order valence-electron chi connectivity index (χ0n) is 19.2. The average Bonchev–Trinajstić information content (AvgIpc) is 2.82. The number of anilines is 1. The molecule has 2 rings (SSSR count). The van der Waals surface area contributed by atoms with E-state index in [4.69, 9.17) is 38.3 Å². The van der Waals surface area contributed by atoms with E-state index < -0.39 is 36.8 Å². The lowest BCUT2D eigenvalue weighted by Crippen LogP contribution is -2.33. The van der Waals surface area contributed by atoms with Crippen molar-refractivity contribution in [2.75, 3.05) is 30.3 Å². The molecule has 8 N–H and O–H groups in total. The van der Waals surface area contributed by atoms with Crippen LogP contribution in [0, 0.1) is 5.41 Å². The Balaban J connectivity index is 2.18. The number of carboxylic acids is 1. The fraction of sp³-hybridized carbons (Fsp3) is 0.227. The van der Waals surface area contributed by atoms with Crippen molar-refractivity contribution in [1.29, 1.82) is 5.41 Å². The summed E-state index contributed by atoms with van der Waals surface area (Å²) in [5, 5.41) is 21.4. The van der Waals surface area contributed by atoms with Crippen molar-refractivity contribution in [3.63, 3.8) is 0 Å². The van der Waals surface area contributed by atoms with Gasteiger partial charge in [-0.05, 0) is 24.3 Å². The van der Waals surface area contributed by atoms with Crippen molar-refractivity contribution in [2.24, 2.45) is 11.5 Å². The van der Waals surface area contributed by atoms with Crippen LogP contribution < -0.4 is 31.1 Å². The molecule has 0 bridgehead atoms. The number of aliphatic carboxylic acids is 1. The lowest BCUT2D eigenvalue weighted by atomic mass is 10.1. The normalized spacial score (nSPS) is 10.3. The van der Waals surface area contributed by atoms with Gasteiger partial charge in [-0.3, -0.25) is 24.6 Å². The molecule has 3 amide bonds. The molecule has 12 nitrogen and oxygen atoms in total. The van der Waals surface area contributed by atoms with Gasteiger partial charge in [0.25, 0.3) is 11.8 Å². The van der Waals surface area contributed by atoms with Crippen LogP contribution in [0.3, 0.4) is 0 Å². The molecule has 36 heavy (non-hydrogen) atoms. The van der Waals surface area contributed by atoms with Crippen LogP contribution in [0.25, 0.3) is 0 Å². The number of amidine groups is 1. The number of ether oxygens (including phenoxy) is 1. The standard InChI is InChI=1S/C22H25ClN6O6S/c1-36-29(10-18(24)30)16-5-14(4-15(23)7-16)22(34)28-8-13-3-2-12(21(25)26)6-17(13)35-11-19(31)27-9-20(32)33/h2-7H,8-11H2,1H3,(H2,24,30)(H3,25,26)(H,27,31)(H,28,34)(H,32,33). The van der Waals surface area contributed by atoms with Crippen molar-refractivity contribution in [2.45, 2.75) is 6.54 Å². The van der Waals surface area contributed by atoms with Crippen molar-refractivity contribution < 1.29 is 29.0 Å². The molecule has 2 aromatic carbocycles. The monoisotopic (exact) mass is 536 g/mol. The van der Waals surface area contributed by atoms with Gasteiger partial charge in [0.1, 0.15) is 24.7 Å². The maximum absolute atomic E-state index is 12.9. The molecule has 192 valence electrons. The van der Waals surface area contributed by atoms with E-state index in [0.717, 1.165) is 0 Å². The first-order chi connectivity index (χ1) is 17.0. The molecule has 0 spiro atoms. The van der Waals surface area contributed by atoms with Gasteiger partial charge < -0.3 is 36.2 Å². The first kappa shape index (κ1) is 28.3. The lowest BCUT2D eigenvalue weighted by Gasteiger charge is -2.21. The molecule has 0 aliphatic carbocycles. The van der Waals surface area contributed by atoms with Crippen LogP contribution in [0.2, 0.25) is 5.02 Å². The minimum Gasteiger partial charge on any atom is -0.483 e. The third-order valence-electron chi connectivity index (χ3n) is 4.57. The molecule has 0 unspecified atom stereocenters. The number of hydrogen-bond donors (Lipinski definition) is 6. The average molecular weight is 537 g/mol. The van der Waals surface area contributed by atoms with E-state index in [9.17, 15) is 19.2 Å². The summed E-state index contributed by atoms with van der Waals surface area (Å²) in [6, 6.07) is 9.19. The first-order valence-corrected chi connectivity index (χ1v) is 11.8. The maximum atomic E-state index is 12.9. The molecule has 0 aromatic heterocycles. The van der Waals surface area contributed by atoms with Crippen molar-refractivity contribution in [1.82, 2.24) is 10.6 Å². The fourth-order valence-electron chi connectivity index (χ4n) is 2.90. The number of nitrogens with one attached hydrogen (secondary N) is 3. The van der Waals surface area contributed by atoms with E-state index in [1.807, 2.05) is 0 Å². The molecular weight excluding hydrogens is 512 g/mol. The second-order valence-corrected chi connectivity index (χ2v) is 8.50. The topological polar surface area (TPSA) is 201 Å². The molecule has 14 heteroatoms. The number of primary amides is 1. The van der Waals surface area contributed by atoms with Crippen LogP contribution in [-0.4, -0.2) is 60.6 Å². The summed E-state index contributed by atoms with van der Waals surface area (Å²) in [6.07, 6.45) is 1.75. The van der Waals surface area contributed by atoms with Crippen molar-refractivity contribution in [3.8, 4) is 5.75 Å². The van der Waals surface area contributed by atoms with E-state index in [0.29, 0.717) is 16.8 Å². The minimum absolute atomic E-state index is 0.0154. The number of nitrogens with two attached hydrogens (primary N) is 2. The quantitative estimate of drug-likeness (QED) is 0.121. The number of nitrogens with zero attached hydrogens (tertiary/aromatic N) is 1. The van der Waals surface area contributed by atoms with E-state index in [1.165, 1.54) is 24.1 Å². The van der Waals surface area contributed by atoms with Crippen LogP contribution in [0.4, 0.5) is 5.69 Å². The molecule has 0 fully saturated rings. The number of benzene rings is 2. The number of rotatable bonds is 13. The highest BCUT2D eigenvalue weighted by Gasteiger charge is 2.16. The Hall–Kier alpha value is -3.97. The van der Waals surface area contributed by atoms with E-state index in [2.05, 4.69) is 10.6 Å². The van der Waals surface area contributed by atoms with Gasteiger partial charge in [-0.1, -0.05) is 35.7 Å². The third kappa shape index (κ3) is 8.67. The van der Waals surface area contributed by atoms with Gasteiger partial charge in [-0.25, -0.2) is 0 Å². The molecule has 0 saturated heterocycles. The lowest BCUT2D eigenvalue weighted by molar-refractivity contribution is -0.138. The molecule has 0 heterocycles. The highest BCUT2D eigenvalue weighted by atomic mass is 35.5. The number of hydrogen-bond acceptors (Lipinski definition) is 8. The van der Waals surface area contributed by atoms with E-state index >= 15 is 0 Å². The number of amides is 3. The van der Waals surface area contributed by atoms with Gasteiger partial charge >= 0.3 is 5.97 Å². The van der Waals surface area contributed by atoms with Gasteiger partial charge in [0, 0.05) is 40.2 Å². The van der Waals surface area contributed by atoms with Crippen LogP contribution in [0.15, 0.2) is 36.4 Å². The van der Waals surface area contributed by atoms with Crippen LogP contribution >= 0.6 is 23.5 Å². The summed E-state index contributed by atoms with van der Waals surface area (Å²) in [7, 11) is 0. The fourth-order valence-corrected chi connectivity index (χ4v) is 3.70. The van der Waals surface area contributed by atoms with Gasteiger partial charge in [0.2, 0.25) is 5.91 Å². The number of carbonyl (C=O) groups is 4. The van der Waals surface area contributed by atoms with Gasteiger partial charge in [-0.2, -0.15) is 0 Å². The molecule has 0 aliphatic heterocycles. The van der Waals surface area contributed by atoms with E-state index in [-0.39, 0.29) is 35.3 Å². The molecular formula is C22H25ClN6O6S. The Bertz CT molecular complexity index is 1180. The molecule has 0 atom stereocenters. The number of carboxylic acid groups (broad SMARTS) is 1. The van der Waals surface area contributed by atoms with Crippen LogP contribution in [0.1, 0.15) is 21.5 Å². The Morgan fingerprint density at radius 2 is 1.83 bits per heavy atom. The summed E-state index contributed by atoms with van der Waals surface area (Å²) >= 11 is 7.42. The predicted molar refractivity (Wildman–Crippen MR) is 136 cm³/mol. The van der Waals surface area contributed by atoms with E-state index in [1.54, 1.807) is 34.8 Å². The Kier molecular flexibility index (Phi) is 10.4. The van der Waals surface area contributed by atoms with Gasteiger partial charge in [0.05, 0.1) is 0 Å². The first-order valence-electron chi connectivity index (χ1n) is 10.3. The SMILES string of the molecule is CSN(CC(N)=O)c1cc(Cl)cc(C(=O)NCc2ccc(C(=N)N)cc2OCC(=O)NCC(=O)O)c1. The summed E-state index contributed by atoms with van der Waals surface area (Å²) < 4.78 is 7.09.